The molecule has 1 atom stereocenters. The molecule has 5 nitrogen and oxygen atoms in total. The lowest BCUT2D eigenvalue weighted by atomic mass is 10.0. The van der Waals surface area contributed by atoms with E-state index in [4.69, 9.17) is 16.4 Å². The van der Waals surface area contributed by atoms with E-state index >= 15 is 0 Å². The molecule has 1 N–H and O–H groups in total. The van der Waals surface area contributed by atoms with E-state index in [-0.39, 0.29) is 18.0 Å². The molecule has 0 spiro atoms. The van der Waals surface area contributed by atoms with Gasteiger partial charge in [-0.1, -0.05) is 41.0 Å². The number of urea groups is 1. The normalized spacial score (nSPS) is 15.8. The smallest absolute Gasteiger partial charge is 0.317 e. The van der Waals surface area contributed by atoms with E-state index in [1.807, 2.05) is 25.1 Å². The molecule has 2 amide bonds. The summed E-state index contributed by atoms with van der Waals surface area (Å²) in [5.74, 6) is -0.316. The number of nitrogens with zero attached hydrogens (tertiary/aromatic N) is 2. The topological polar surface area (TPSA) is 53.9 Å². The molecule has 0 radical (unpaired) electrons. The van der Waals surface area contributed by atoms with Crippen molar-refractivity contribution in [2.45, 2.75) is 26.0 Å². The van der Waals surface area contributed by atoms with Gasteiger partial charge in [-0.2, -0.15) is 0 Å². The van der Waals surface area contributed by atoms with Crippen LogP contribution in [-0.2, 0) is 11.4 Å². The van der Waals surface area contributed by atoms with Gasteiger partial charge in [-0.05, 0) is 36.8 Å². The van der Waals surface area contributed by atoms with Crippen molar-refractivity contribution < 1.29 is 14.0 Å². The van der Waals surface area contributed by atoms with Gasteiger partial charge in [0.05, 0.1) is 12.3 Å². The highest BCUT2D eigenvalue weighted by Gasteiger charge is 2.27. The molecule has 7 heteroatoms. The van der Waals surface area contributed by atoms with Crippen molar-refractivity contribution in [2.24, 2.45) is 5.16 Å². The van der Waals surface area contributed by atoms with Crippen molar-refractivity contribution in [2.75, 3.05) is 13.1 Å². The van der Waals surface area contributed by atoms with E-state index in [1.165, 1.54) is 12.1 Å². The van der Waals surface area contributed by atoms with Crippen molar-refractivity contribution in [1.82, 2.24) is 10.2 Å². The van der Waals surface area contributed by atoms with Crippen molar-refractivity contribution >= 4 is 23.3 Å². The van der Waals surface area contributed by atoms with Gasteiger partial charge in [0, 0.05) is 30.1 Å². The Morgan fingerprint density at radius 1 is 1.33 bits per heavy atom. The third-order valence-electron chi connectivity index (χ3n) is 4.19. The third kappa shape index (κ3) is 5.20. The van der Waals surface area contributed by atoms with Crippen LogP contribution in [0.3, 0.4) is 0 Å². The van der Waals surface area contributed by atoms with Gasteiger partial charge in [0.15, 0.2) is 6.10 Å². The Bertz CT molecular complexity index is 843. The van der Waals surface area contributed by atoms with Crippen molar-refractivity contribution in [3.63, 3.8) is 0 Å². The number of benzene rings is 2. The van der Waals surface area contributed by atoms with Gasteiger partial charge in [-0.25, -0.2) is 9.18 Å². The Morgan fingerprint density at radius 2 is 2.15 bits per heavy atom. The van der Waals surface area contributed by atoms with Gasteiger partial charge in [-0.3, -0.25) is 0 Å². The zero-order valence-electron chi connectivity index (χ0n) is 15.0. The fourth-order valence-corrected chi connectivity index (χ4v) is 3.16. The van der Waals surface area contributed by atoms with E-state index in [1.54, 1.807) is 23.1 Å². The second kappa shape index (κ2) is 8.86. The molecule has 142 valence electrons. The molecule has 1 unspecified atom stereocenters. The van der Waals surface area contributed by atoms with Crippen LogP contribution in [0.5, 0.6) is 0 Å². The minimum absolute atomic E-state index is 0.180. The van der Waals surface area contributed by atoms with Crippen LogP contribution in [0.15, 0.2) is 53.7 Å². The van der Waals surface area contributed by atoms with Crippen LogP contribution in [0, 0.1) is 5.82 Å². The van der Waals surface area contributed by atoms with Gasteiger partial charge >= 0.3 is 6.03 Å². The highest BCUT2D eigenvalue weighted by Crippen LogP contribution is 2.20. The molecule has 0 fully saturated rings. The number of amides is 2. The fraction of sp³-hybridized carbons (Fsp3) is 0.300. The van der Waals surface area contributed by atoms with Crippen LogP contribution in [0.1, 0.15) is 24.5 Å². The van der Waals surface area contributed by atoms with E-state index in [0.29, 0.717) is 42.4 Å². The molecule has 1 heterocycles. The summed E-state index contributed by atoms with van der Waals surface area (Å²) in [7, 11) is 0. The molecule has 0 aliphatic carbocycles. The van der Waals surface area contributed by atoms with Crippen LogP contribution < -0.4 is 5.32 Å². The summed E-state index contributed by atoms with van der Waals surface area (Å²) in [5.41, 5.74) is 2.30. The zero-order valence-corrected chi connectivity index (χ0v) is 15.7. The second-order valence-electron chi connectivity index (χ2n) is 6.33. The number of rotatable bonds is 6. The van der Waals surface area contributed by atoms with Crippen LogP contribution in [-0.4, -0.2) is 35.8 Å². The maximum Gasteiger partial charge on any atom is 0.317 e. The summed E-state index contributed by atoms with van der Waals surface area (Å²) >= 11 is 6.05. The van der Waals surface area contributed by atoms with Crippen molar-refractivity contribution in [3.05, 3.63) is 70.5 Å². The monoisotopic (exact) mass is 389 g/mol. The number of hydrogen-bond acceptors (Lipinski definition) is 3. The minimum Gasteiger partial charge on any atom is -0.390 e. The lowest BCUT2D eigenvalue weighted by Crippen LogP contribution is -2.43. The molecule has 3 rings (SSSR count). The van der Waals surface area contributed by atoms with Gasteiger partial charge < -0.3 is 15.1 Å². The van der Waals surface area contributed by atoms with Crippen molar-refractivity contribution in [3.8, 4) is 0 Å². The quantitative estimate of drug-likeness (QED) is 0.804. The number of hydrogen-bond donors (Lipinski definition) is 1. The number of carbonyl (C=O) groups excluding carboxylic acids is 1. The summed E-state index contributed by atoms with van der Waals surface area (Å²) in [5, 5.41) is 7.52. The third-order valence-corrected chi connectivity index (χ3v) is 4.43. The van der Waals surface area contributed by atoms with Gasteiger partial charge in [-0.15, -0.1) is 0 Å². The lowest BCUT2D eigenvalue weighted by molar-refractivity contribution is 0.0590. The highest BCUT2D eigenvalue weighted by molar-refractivity contribution is 6.30. The highest BCUT2D eigenvalue weighted by atomic mass is 35.5. The first-order chi connectivity index (χ1) is 13.0. The van der Waals surface area contributed by atoms with E-state index < -0.39 is 0 Å². The SMILES string of the molecule is CCNC(=O)N(Cc1cccc(Cl)c1)CC1CC(c2cccc(F)c2)=NO1. The van der Waals surface area contributed by atoms with Crippen LogP contribution in [0.4, 0.5) is 9.18 Å². The number of halogens is 2. The maximum absolute atomic E-state index is 13.4. The first-order valence-electron chi connectivity index (χ1n) is 8.81. The predicted molar refractivity (Wildman–Crippen MR) is 103 cm³/mol. The molecule has 2 aromatic carbocycles. The standard InChI is InChI=1S/C20H21ClFN3O2/c1-2-23-20(26)25(12-14-5-3-7-16(21)9-14)13-18-11-19(24-27-18)15-6-4-8-17(22)10-15/h3-10,18H,2,11-13H2,1H3,(H,23,26). The predicted octanol–water partition coefficient (Wildman–Crippen LogP) is 4.20. The molecular formula is C20H21ClFN3O2. The average Bonchev–Trinajstić information content (AvgIpc) is 3.10. The first kappa shape index (κ1) is 19.2. The summed E-state index contributed by atoms with van der Waals surface area (Å²) in [4.78, 5) is 19.6. The average molecular weight is 390 g/mol. The fourth-order valence-electron chi connectivity index (χ4n) is 2.95. The molecule has 1 aliphatic heterocycles. The molecule has 0 bridgehead atoms. The Hall–Kier alpha value is -2.60. The minimum atomic E-state index is -0.316. The maximum atomic E-state index is 13.4. The largest absolute Gasteiger partial charge is 0.390 e. The van der Waals surface area contributed by atoms with E-state index in [9.17, 15) is 9.18 Å². The second-order valence-corrected chi connectivity index (χ2v) is 6.76. The number of oxime groups is 1. The van der Waals surface area contributed by atoms with Gasteiger partial charge in [0.25, 0.3) is 0 Å². The van der Waals surface area contributed by atoms with Gasteiger partial charge in [0.1, 0.15) is 5.82 Å². The van der Waals surface area contributed by atoms with Crippen LogP contribution >= 0.6 is 11.6 Å². The molecule has 0 aromatic heterocycles. The zero-order chi connectivity index (χ0) is 19.2. The van der Waals surface area contributed by atoms with E-state index in [2.05, 4.69) is 10.5 Å². The van der Waals surface area contributed by atoms with E-state index in [0.717, 1.165) is 5.56 Å². The molecule has 0 saturated heterocycles. The lowest BCUT2D eigenvalue weighted by Gasteiger charge is -2.25. The van der Waals surface area contributed by atoms with Crippen LogP contribution in [0.25, 0.3) is 0 Å². The Labute approximate surface area is 162 Å². The molecule has 1 aliphatic rings. The molecule has 2 aromatic rings. The summed E-state index contributed by atoms with van der Waals surface area (Å²) in [6.45, 7) is 3.16. The molecule has 0 saturated carbocycles. The Kier molecular flexibility index (Phi) is 6.29. The number of carbonyl (C=O) groups is 1. The summed E-state index contributed by atoms with van der Waals surface area (Å²) in [6, 6.07) is 13.5. The Morgan fingerprint density at radius 3 is 2.89 bits per heavy atom. The Balaban J connectivity index is 1.67. The number of nitrogens with one attached hydrogen (secondary N) is 1. The first-order valence-corrected chi connectivity index (χ1v) is 9.18. The van der Waals surface area contributed by atoms with Gasteiger partial charge in [0.2, 0.25) is 0 Å². The summed E-state index contributed by atoms with van der Waals surface area (Å²) < 4.78 is 13.4. The molecule has 27 heavy (non-hydrogen) atoms. The molecular weight excluding hydrogens is 369 g/mol. The van der Waals surface area contributed by atoms with Crippen molar-refractivity contribution in [1.29, 1.82) is 0 Å². The summed E-state index contributed by atoms with van der Waals surface area (Å²) in [6.07, 6.45) is 0.222. The van der Waals surface area contributed by atoms with Crippen LogP contribution in [0.2, 0.25) is 5.02 Å².